The van der Waals surface area contributed by atoms with Crippen LogP contribution in [0.25, 0.3) is 10.2 Å². The average molecular weight is 508 g/mol. The Hall–Kier alpha value is -2.66. The van der Waals surface area contributed by atoms with Gasteiger partial charge in [0.05, 0.1) is 41.5 Å². The van der Waals surface area contributed by atoms with Gasteiger partial charge in [0.15, 0.2) is 4.80 Å². The van der Waals surface area contributed by atoms with Crippen LogP contribution in [0, 0.1) is 11.8 Å². The van der Waals surface area contributed by atoms with Crippen molar-refractivity contribution in [1.82, 2.24) is 9.47 Å². The molecule has 2 aromatic rings. The molecule has 1 aromatic heterocycles. The first-order chi connectivity index (χ1) is 16.2. The highest BCUT2D eigenvalue weighted by Gasteiger charge is 2.25. The maximum Gasteiger partial charge on any atom is 0.337 e. The highest BCUT2D eigenvalue weighted by molar-refractivity contribution is 8.00. The van der Waals surface area contributed by atoms with Crippen LogP contribution in [-0.4, -0.2) is 72.0 Å². The number of thioether (sulfide) groups is 1. The molecule has 0 N–H and O–H groups in total. The third-order valence-electron chi connectivity index (χ3n) is 5.51. The molecule has 3 rings (SSSR count). The molecule has 1 aromatic carbocycles. The number of esters is 2. The molecule has 2 amide bonds. The van der Waals surface area contributed by atoms with Crippen LogP contribution in [-0.2, 0) is 30.4 Å². The highest BCUT2D eigenvalue weighted by atomic mass is 32.2. The van der Waals surface area contributed by atoms with Crippen molar-refractivity contribution in [2.24, 2.45) is 16.8 Å². The molecule has 1 aliphatic rings. The molecule has 34 heavy (non-hydrogen) atoms. The van der Waals surface area contributed by atoms with E-state index < -0.39 is 17.8 Å². The number of hydrogen-bond donors (Lipinski definition) is 0. The van der Waals surface area contributed by atoms with Crippen molar-refractivity contribution in [3.05, 3.63) is 28.6 Å². The third-order valence-corrected chi connectivity index (χ3v) is 7.46. The van der Waals surface area contributed by atoms with Crippen molar-refractivity contribution < 1.29 is 28.7 Å². The van der Waals surface area contributed by atoms with Crippen molar-refractivity contribution in [3.8, 4) is 0 Å². The highest BCUT2D eigenvalue weighted by Crippen LogP contribution is 2.22. The number of carbonyl (C=O) groups excluding carboxylic acids is 4. The lowest BCUT2D eigenvalue weighted by molar-refractivity contribution is -0.141. The van der Waals surface area contributed by atoms with Gasteiger partial charge in [-0.2, -0.15) is 4.99 Å². The van der Waals surface area contributed by atoms with Gasteiger partial charge in [-0.05, 0) is 36.5 Å². The van der Waals surface area contributed by atoms with E-state index in [1.807, 2.05) is 4.90 Å². The first kappa shape index (κ1) is 26.0. The number of piperidine rings is 1. The minimum absolute atomic E-state index is 0.0363. The first-order valence-corrected chi connectivity index (χ1v) is 12.9. The molecule has 0 aliphatic carbocycles. The summed E-state index contributed by atoms with van der Waals surface area (Å²) in [7, 11) is 2.58. The summed E-state index contributed by atoms with van der Waals surface area (Å²) < 4.78 is 11.8. The molecule has 1 aliphatic heterocycles. The molecule has 2 unspecified atom stereocenters. The maximum absolute atomic E-state index is 12.6. The number of carbonyl (C=O) groups is 4. The molecule has 2 heterocycles. The Morgan fingerprint density at radius 3 is 2.44 bits per heavy atom. The number of aromatic nitrogens is 1. The van der Waals surface area contributed by atoms with E-state index in [0.717, 1.165) is 19.5 Å². The lowest BCUT2D eigenvalue weighted by Crippen LogP contribution is -2.43. The third kappa shape index (κ3) is 6.47. The zero-order valence-electron chi connectivity index (χ0n) is 19.7. The standard InChI is InChI=1S/C23H29N3O6S2/c1-14-7-15(2)10-25(9-14)20(28)13-33-12-19(27)24-23-26(11-21(29)31-3)17-6-5-16(22(30)32-4)8-18(17)34-23/h5-6,8,14-15H,7,9-13H2,1-4H3. The topological polar surface area (TPSA) is 107 Å². The minimum atomic E-state index is -0.490. The largest absolute Gasteiger partial charge is 0.468 e. The molecule has 9 nitrogen and oxygen atoms in total. The second-order valence-electron chi connectivity index (χ2n) is 8.46. The molecule has 0 radical (unpaired) electrons. The van der Waals surface area contributed by atoms with Crippen LogP contribution < -0.4 is 4.80 Å². The molecule has 184 valence electrons. The lowest BCUT2D eigenvalue weighted by atomic mass is 9.92. The fourth-order valence-corrected chi connectivity index (χ4v) is 5.86. The van der Waals surface area contributed by atoms with Crippen molar-refractivity contribution in [1.29, 1.82) is 0 Å². The summed E-state index contributed by atoms with van der Waals surface area (Å²) in [4.78, 5) is 55.3. The van der Waals surface area contributed by atoms with E-state index in [1.54, 1.807) is 22.8 Å². The molecule has 1 saturated heterocycles. The Morgan fingerprint density at radius 2 is 1.79 bits per heavy atom. The van der Waals surface area contributed by atoms with E-state index in [4.69, 9.17) is 9.47 Å². The number of hydrogen-bond acceptors (Lipinski definition) is 8. The predicted octanol–water partition coefficient (Wildman–Crippen LogP) is 2.33. The second kappa shape index (κ2) is 11.7. The normalized spacial score (nSPS) is 18.7. The number of likely N-dealkylation sites (tertiary alicyclic amines) is 1. The predicted molar refractivity (Wildman–Crippen MR) is 131 cm³/mol. The van der Waals surface area contributed by atoms with Crippen LogP contribution in [0.2, 0.25) is 0 Å². The van der Waals surface area contributed by atoms with Gasteiger partial charge in [0.2, 0.25) is 5.91 Å². The van der Waals surface area contributed by atoms with E-state index in [0.29, 0.717) is 32.4 Å². The van der Waals surface area contributed by atoms with Crippen LogP contribution in [0.1, 0.15) is 30.6 Å². The number of methoxy groups -OCH3 is 2. The summed E-state index contributed by atoms with van der Waals surface area (Å²) in [6, 6.07) is 4.90. The molecule has 0 spiro atoms. The molecule has 1 fully saturated rings. The van der Waals surface area contributed by atoms with Crippen molar-refractivity contribution >= 4 is 57.1 Å². The van der Waals surface area contributed by atoms with Crippen LogP contribution in [0.5, 0.6) is 0 Å². The van der Waals surface area contributed by atoms with E-state index in [9.17, 15) is 19.2 Å². The summed E-state index contributed by atoms with van der Waals surface area (Å²) in [6.45, 7) is 5.68. The van der Waals surface area contributed by atoms with Gasteiger partial charge < -0.3 is 18.9 Å². The quantitative estimate of drug-likeness (QED) is 0.530. The fraction of sp³-hybridized carbons (Fsp3) is 0.522. The molecule has 11 heteroatoms. The van der Waals surface area contributed by atoms with Gasteiger partial charge in [-0.25, -0.2) is 4.79 Å². The van der Waals surface area contributed by atoms with E-state index in [2.05, 4.69) is 18.8 Å². The van der Waals surface area contributed by atoms with Gasteiger partial charge >= 0.3 is 11.9 Å². The second-order valence-corrected chi connectivity index (χ2v) is 10.5. The van der Waals surface area contributed by atoms with Crippen molar-refractivity contribution in [2.45, 2.75) is 26.8 Å². The zero-order chi connectivity index (χ0) is 24.8. The van der Waals surface area contributed by atoms with Gasteiger partial charge in [0.1, 0.15) is 6.54 Å². The van der Waals surface area contributed by atoms with Crippen LogP contribution in [0.3, 0.4) is 0 Å². The lowest BCUT2D eigenvalue weighted by Gasteiger charge is -2.35. The average Bonchev–Trinajstić information content (AvgIpc) is 3.13. The molecule has 0 saturated carbocycles. The Bertz CT molecular complexity index is 1150. The molecular formula is C23H29N3O6S2. The van der Waals surface area contributed by atoms with Gasteiger partial charge in [0, 0.05) is 13.1 Å². The minimum Gasteiger partial charge on any atom is -0.468 e. The Balaban J connectivity index is 1.74. The Morgan fingerprint density at radius 1 is 1.09 bits per heavy atom. The zero-order valence-corrected chi connectivity index (χ0v) is 21.4. The van der Waals surface area contributed by atoms with Gasteiger partial charge in [-0.3, -0.25) is 14.4 Å². The number of ether oxygens (including phenoxy) is 2. The summed E-state index contributed by atoms with van der Waals surface area (Å²) in [5.74, 6) is -0.119. The summed E-state index contributed by atoms with van der Waals surface area (Å²) in [5.41, 5.74) is 1.00. The maximum atomic E-state index is 12.6. The van der Waals surface area contributed by atoms with Gasteiger partial charge in [-0.1, -0.05) is 25.2 Å². The number of benzene rings is 1. The van der Waals surface area contributed by atoms with E-state index in [1.165, 1.54) is 37.3 Å². The summed E-state index contributed by atoms with van der Waals surface area (Å²) >= 11 is 2.42. The van der Waals surface area contributed by atoms with Crippen molar-refractivity contribution in [3.63, 3.8) is 0 Å². The number of nitrogens with zero attached hydrogens (tertiary/aromatic N) is 3. The fourth-order valence-electron chi connectivity index (χ4n) is 4.07. The number of amides is 2. The SMILES string of the molecule is COC(=O)Cn1c(=NC(=O)CSCC(=O)N2CC(C)CC(C)C2)sc2cc(C(=O)OC)ccc21. The molecule has 0 bridgehead atoms. The van der Waals surface area contributed by atoms with Crippen molar-refractivity contribution in [2.75, 3.05) is 38.8 Å². The van der Waals surface area contributed by atoms with E-state index in [-0.39, 0.29) is 24.0 Å². The Labute approximate surface area is 206 Å². The number of fused-ring (bicyclic) bond motifs is 1. The first-order valence-electron chi connectivity index (χ1n) is 10.9. The Kier molecular flexibility index (Phi) is 8.90. The number of thiazole rings is 1. The van der Waals surface area contributed by atoms with E-state index >= 15 is 0 Å². The van der Waals surface area contributed by atoms with Gasteiger partial charge in [0.25, 0.3) is 5.91 Å². The summed E-state index contributed by atoms with van der Waals surface area (Å²) in [6.07, 6.45) is 1.12. The van der Waals surface area contributed by atoms with Crippen LogP contribution in [0.15, 0.2) is 23.2 Å². The number of rotatable bonds is 7. The smallest absolute Gasteiger partial charge is 0.337 e. The molecular weight excluding hydrogens is 478 g/mol. The monoisotopic (exact) mass is 507 g/mol. The summed E-state index contributed by atoms with van der Waals surface area (Å²) in [5, 5.41) is 0. The van der Waals surface area contributed by atoms with Gasteiger partial charge in [-0.15, -0.1) is 11.8 Å². The van der Waals surface area contributed by atoms with Crippen LogP contribution in [0.4, 0.5) is 0 Å². The molecule has 2 atom stereocenters. The van der Waals surface area contributed by atoms with Crippen LogP contribution >= 0.6 is 23.1 Å².